The molecule has 0 radical (unpaired) electrons. The molecule has 8 heteroatoms. The average Bonchev–Trinajstić information content (AvgIpc) is 2.76. The number of nitrogens with zero attached hydrogens (tertiary/aromatic N) is 3. The summed E-state index contributed by atoms with van der Waals surface area (Å²) < 4.78 is 16.7. The van der Waals surface area contributed by atoms with Crippen molar-refractivity contribution in [2.24, 2.45) is 5.41 Å². The Labute approximate surface area is 180 Å². The quantitative estimate of drug-likeness (QED) is 0.537. The number of carbonyl (C=O) groups is 2. The van der Waals surface area contributed by atoms with Crippen LogP contribution < -0.4 is 14.5 Å². The molecule has 1 unspecified atom stereocenters. The fourth-order valence-electron chi connectivity index (χ4n) is 4.90. The van der Waals surface area contributed by atoms with Gasteiger partial charge in [-0.15, -0.1) is 0 Å². The largest absolute Gasteiger partial charge is 0.497 e. The number of benzene rings is 1. The van der Waals surface area contributed by atoms with E-state index in [4.69, 9.17) is 14.2 Å². The van der Waals surface area contributed by atoms with E-state index in [9.17, 15) is 9.59 Å². The molecule has 0 N–H and O–H groups in total. The van der Waals surface area contributed by atoms with Gasteiger partial charge in [0.2, 0.25) is 0 Å². The Morgan fingerprint density at radius 2 is 1.87 bits per heavy atom. The number of hydrogen-bond acceptors (Lipinski definition) is 8. The monoisotopic (exact) mass is 423 g/mol. The van der Waals surface area contributed by atoms with E-state index in [1.54, 1.807) is 27.2 Å². The molecular weight excluding hydrogens is 398 g/mol. The van der Waals surface area contributed by atoms with Gasteiger partial charge in [-0.05, 0) is 23.8 Å². The van der Waals surface area contributed by atoms with Crippen molar-refractivity contribution in [1.82, 2.24) is 4.98 Å². The molecule has 1 aromatic carbocycles. The lowest BCUT2D eigenvalue weighted by Crippen LogP contribution is -2.71. The molecule has 4 heterocycles. The molecule has 0 bridgehead atoms. The number of ether oxygens (including phenoxy) is 3. The number of pyridine rings is 1. The Hall–Kier alpha value is -3.29. The Balaban J connectivity index is 1.62. The van der Waals surface area contributed by atoms with Crippen LogP contribution in [0.5, 0.6) is 5.75 Å². The third-order valence-corrected chi connectivity index (χ3v) is 6.40. The highest BCUT2D eigenvalue weighted by Crippen LogP contribution is 2.48. The van der Waals surface area contributed by atoms with Crippen molar-refractivity contribution in [3.63, 3.8) is 0 Å². The van der Waals surface area contributed by atoms with Crippen LogP contribution in [0.3, 0.4) is 0 Å². The van der Waals surface area contributed by atoms with Crippen LogP contribution in [-0.4, -0.2) is 55.5 Å². The minimum atomic E-state index is -1.44. The number of aromatic nitrogens is 1. The minimum Gasteiger partial charge on any atom is -0.497 e. The van der Waals surface area contributed by atoms with Gasteiger partial charge in [-0.2, -0.15) is 0 Å². The van der Waals surface area contributed by atoms with Crippen LogP contribution in [0.1, 0.15) is 19.4 Å². The number of rotatable bonds is 2. The Morgan fingerprint density at radius 1 is 1.10 bits per heavy atom. The van der Waals surface area contributed by atoms with E-state index < -0.39 is 29.2 Å². The van der Waals surface area contributed by atoms with Crippen LogP contribution in [0.15, 0.2) is 42.6 Å². The van der Waals surface area contributed by atoms with E-state index in [0.717, 1.165) is 22.8 Å². The summed E-state index contributed by atoms with van der Waals surface area (Å²) in [6.07, 6.45) is 1.96. The topological polar surface area (TPSA) is 81.2 Å². The summed E-state index contributed by atoms with van der Waals surface area (Å²) >= 11 is 0. The van der Waals surface area contributed by atoms with Crippen molar-refractivity contribution in [1.29, 1.82) is 0 Å². The molecular formula is C23H25N3O5. The Kier molecular flexibility index (Phi) is 4.35. The van der Waals surface area contributed by atoms with Gasteiger partial charge in [0.15, 0.2) is 5.41 Å². The lowest BCUT2D eigenvalue weighted by molar-refractivity contribution is -0.253. The van der Waals surface area contributed by atoms with Gasteiger partial charge in [0.1, 0.15) is 11.6 Å². The molecule has 3 aliphatic rings. The molecule has 31 heavy (non-hydrogen) atoms. The van der Waals surface area contributed by atoms with Crippen LogP contribution in [0.2, 0.25) is 0 Å². The maximum Gasteiger partial charge on any atom is 0.329 e. The highest BCUT2D eigenvalue weighted by Gasteiger charge is 2.64. The number of hydrogen-bond donors (Lipinski definition) is 0. The summed E-state index contributed by atoms with van der Waals surface area (Å²) in [6.45, 7) is 4.92. The first-order valence-corrected chi connectivity index (χ1v) is 10.4. The number of cyclic esters (lactones) is 2. The van der Waals surface area contributed by atoms with Crippen molar-refractivity contribution in [2.45, 2.75) is 32.1 Å². The van der Waals surface area contributed by atoms with Crippen LogP contribution in [0, 0.1) is 5.41 Å². The highest BCUT2D eigenvalue weighted by atomic mass is 16.7. The maximum atomic E-state index is 13.4. The summed E-state index contributed by atoms with van der Waals surface area (Å²) in [5.41, 5.74) is 0.433. The minimum absolute atomic E-state index is 0.220. The number of carbonyl (C=O) groups excluding carboxylic acids is 2. The first-order chi connectivity index (χ1) is 14.8. The number of anilines is 2. The predicted molar refractivity (Wildman–Crippen MR) is 113 cm³/mol. The van der Waals surface area contributed by atoms with Crippen LogP contribution in [0.4, 0.5) is 11.5 Å². The normalized spacial score (nSPS) is 23.5. The zero-order chi connectivity index (χ0) is 21.8. The predicted octanol–water partition coefficient (Wildman–Crippen LogP) is 2.16. The lowest BCUT2D eigenvalue weighted by atomic mass is 9.69. The molecule has 3 aliphatic heterocycles. The Morgan fingerprint density at radius 3 is 2.55 bits per heavy atom. The summed E-state index contributed by atoms with van der Waals surface area (Å²) in [4.78, 5) is 35.5. The van der Waals surface area contributed by atoms with Gasteiger partial charge in [-0.3, -0.25) is 9.59 Å². The van der Waals surface area contributed by atoms with E-state index in [1.165, 1.54) is 0 Å². The van der Waals surface area contributed by atoms with Gasteiger partial charge < -0.3 is 24.0 Å². The summed E-state index contributed by atoms with van der Waals surface area (Å²) in [6, 6.07) is 11.0. The molecule has 2 saturated heterocycles. The SMILES string of the molecule is COc1ccc2c(c1)N1CCN(c3ccccn3)CC1C1(C2)C(=O)OC(C)(C)OC1=O. The molecule has 162 valence electrons. The molecule has 2 fully saturated rings. The molecule has 5 rings (SSSR count). The van der Waals surface area contributed by atoms with Crippen molar-refractivity contribution >= 4 is 23.4 Å². The summed E-state index contributed by atoms with van der Waals surface area (Å²) in [5.74, 6) is -0.803. The van der Waals surface area contributed by atoms with Gasteiger partial charge in [0.25, 0.3) is 5.79 Å². The molecule has 0 amide bonds. The number of piperazine rings is 1. The first-order valence-electron chi connectivity index (χ1n) is 10.4. The highest BCUT2D eigenvalue weighted by molar-refractivity contribution is 6.04. The van der Waals surface area contributed by atoms with Crippen molar-refractivity contribution < 1.29 is 23.8 Å². The first kappa shape index (κ1) is 19.7. The number of esters is 2. The zero-order valence-electron chi connectivity index (χ0n) is 17.8. The summed E-state index contributed by atoms with van der Waals surface area (Å²) in [5, 5.41) is 0. The standard InChI is InChI=1S/C23H25N3O5/c1-22(2)30-20(27)23(21(28)31-22)13-15-7-8-16(29-3)12-17(15)26-11-10-25(14-18(23)26)19-6-4-5-9-24-19/h4-9,12,18H,10-11,13-14H2,1-3H3. The fraction of sp³-hybridized carbons (Fsp3) is 0.435. The smallest absolute Gasteiger partial charge is 0.329 e. The Bertz CT molecular complexity index is 1020. The zero-order valence-corrected chi connectivity index (χ0v) is 17.8. The number of methoxy groups -OCH3 is 1. The lowest BCUT2D eigenvalue weighted by Gasteiger charge is -2.55. The van der Waals surface area contributed by atoms with E-state index in [2.05, 4.69) is 14.8 Å². The second-order valence-corrected chi connectivity index (χ2v) is 8.66. The maximum absolute atomic E-state index is 13.4. The van der Waals surface area contributed by atoms with Crippen LogP contribution in [0.25, 0.3) is 0 Å². The van der Waals surface area contributed by atoms with Crippen molar-refractivity contribution in [3.05, 3.63) is 48.2 Å². The van der Waals surface area contributed by atoms with Crippen molar-refractivity contribution in [2.75, 3.05) is 36.5 Å². The van der Waals surface area contributed by atoms with E-state index in [0.29, 0.717) is 19.6 Å². The van der Waals surface area contributed by atoms with Crippen molar-refractivity contribution in [3.8, 4) is 5.75 Å². The molecule has 1 spiro atoms. The van der Waals surface area contributed by atoms with Crippen LogP contribution in [-0.2, 0) is 25.5 Å². The van der Waals surface area contributed by atoms with Gasteiger partial charge in [-0.25, -0.2) is 4.98 Å². The van der Waals surface area contributed by atoms with Gasteiger partial charge in [0.05, 0.1) is 13.2 Å². The summed E-state index contributed by atoms with van der Waals surface area (Å²) in [7, 11) is 1.63. The third kappa shape index (κ3) is 3.00. The van der Waals surface area contributed by atoms with E-state index in [-0.39, 0.29) is 6.42 Å². The fourth-order valence-corrected chi connectivity index (χ4v) is 4.90. The van der Waals surface area contributed by atoms with Gasteiger partial charge >= 0.3 is 11.9 Å². The molecule has 1 aromatic heterocycles. The van der Waals surface area contributed by atoms with E-state index in [1.807, 2.05) is 36.4 Å². The second kappa shape index (κ2) is 6.87. The van der Waals surface area contributed by atoms with Gasteiger partial charge in [-0.1, -0.05) is 12.1 Å². The molecule has 0 aliphatic carbocycles. The second-order valence-electron chi connectivity index (χ2n) is 8.66. The number of fused-ring (bicyclic) bond motifs is 4. The van der Waals surface area contributed by atoms with Crippen LogP contribution >= 0.6 is 0 Å². The molecule has 2 aromatic rings. The molecule has 1 atom stereocenters. The van der Waals surface area contributed by atoms with E-state index >= 15 is 0 Å². The molecule has 8 nitrogen and oxygen atoms in total. The molecule has 0 saturated carbocycles. The van der Waals surface area contributed by atoms with Gasteiger partial charge in [0, 0.05) is 57.9 Å². The average molecular weight is 423 g/mol. The third-order valence-electron chi connectivity index (χ3n) is 6.40.